The maximum atomic E-state index is 14.9. The van der Waals surface area contributed by atoms with Gasteiger partial charge in [-0.1, -0.05) is 15.9 Å². The molecule has 2 atom stereocenters. The van der Waals surface area contributed by atoms with Gasteiger partial charge in [0.05, 0.1) is 22.3 Å². The van der Waals surface area contributed by atoms with Crippen molar-refractivity contribution in [3.8, 4) is 0 Å². The van der Waals surface area contributed by atoms with E-state index in [1.54, 1.807) is 20.8 Å². The highest BCUT2D eigenvalue weighted by molar-refractivity contribution is 9.10. The summed E-state index contributed by atoms with van der Waals surface area (Å²) in [6.45, 7) is 6.74. The number of benzene rings is 1. The second-order valence-electron chi connectivity index (χ2n) is 6.53. The fourth-order valence-corrected chi connectivity index (χ4v) is 3.21. The van der Waals surface area contributed by atoms with Crippen LogP contribution in [-0.2, 0) is 26.1 Å². The Morgan fingerprint density at radius 2 is 1.84 bits per heavy atom. The molecule has 0 radical (unpaired) electrons. The average Bonchev–Trinajstić information content (AvgIpc) is 2.48. The molecular weight excluding hydrogens is 423 g/mol. The summed E-state index contributed by atoms with van der Waals surface area (Å²) in [6, 6.07) is 3.44. The zero-order valence-corrected chi connectivity index (χ0v) is 17.0. The second kappa shape index (κ2) is 7.75. The maximum Gasteiger partial charge on any atom is 0.379 e. The largest absolute Gasteiger partial charge is 0.461 e. The van der Waals surface area contributed by atoms with Gasteiger partial charge in [0.1, 0.15) is 11.4 Å². The lowest BCUT2D eigenvalue weighted by molar-refractivity contribution is -0.183. The van der Waals surface area contributed by atoms with Crippen LogP contribution in [0.3, 0.4) is 0 Å². The summed E-state index contributed by atoms with van der Waals surface area (Å²) in [5.41, 5.74) is -3.09. The van der Waals surface area contributed by atoms with Crippen LogP contribution in [0.25, 0.3) is 0 Å². The molecule has 0 bridgehead atoms. The molecule has 0 aliphatic heterocycles. The SMILES string of the molecule is CCOC(=O)C(F)(F)[C@](C)(NS(=O)C(C)(C)C)c1cc(Br)ccc1F. The molecule has 0 aliphatic carbocycles. The highest BCUT2D eigenvalue weighted by Crippen LogP contribution is 2.41. The molecule has 4 nitrogen and oxygen atoms in total. The van der Waals surface area contributed by atoms with Crippen LogP contribution < -0.4 is 4.72 Å². The van der Waals surface area contributed by atoms with Gasteiger partial charge in [-0.3, -0.25) is 0 Å². The van der Waals surface area contributed by atoms with E-state index in [9.17, 15) is 22.2 Å². The van der Waals surface area contributed by atoms with Crippen LogP contribution in [0.15, 0.2) is 22.7 Å². The molecule has 142 valence electrons. The molecule has 0 spiro atoms. The van der Waals surface area contributed by atoms with Gasteiger partial charge in [0.15, 0.2) is 0 Å². The van der Waals surface area contributed by atoms with Crippen molar-refractivity contribution in [2.75, 3.05) is 6.61 Å². The van der Waals surface area contributed by atoms with E-state index in [2.05, 4.69) is 25.4 Å². The lowest BCUT2D eigenvalue weighted by atomic mass is 9.86. The third-order valence-electron chi connectivity index (χ3n) is 3.48. The number of nitrogens with one attached hydrogen (secondary N) is 1. The van der Waals surface area contributed by atoms with Gasteiger partial charge in [-0.2, -0.15) is 8.78 Å². The highest BCUT2D eigenvalue weighted by Gasteiger charge is 2.60. The summed E-state index contributed by atoms with van der Waals surface area (Å²) < 4.78 is 62.8. The quantitative estimate of drug-likeness (QED) is 0.674. The third kappa shape index (κ3) is 4.62. The van der Waals surface area contributed by atoms with E-state index in [1.807, 2.05) is 0 Å². The van der Waals surface area contributed by atoms with Gasteiger partial charge >= 0.3 is 11.9 Å². The smallest absolute Gasteiger partial charge is 0.379 e. The topological polar surface area (TPSA) is 55.4 Å². The first kappa shape index (κ1) is 22.1. The molecule has 1 aromatic carbocycles. The van der Waals surface area contributed by atoms with Crippen molar-refractivity contribution in [3.63, 3.8) is 0 Å². The Kier molecular flexibility index (Phi) is 6.86. The Morgan fingerprint density at radius 3 is 2.32 bits per heavy atom. The van der Waals surface area contributed by atoms with E-state index >= 15 is 0 Å². The number of halogens is 4. The second-order valence-corrected chi connectivity index (χ2v) is 9.41. The summed E-state index contributed by atoms with van der Waals surface area (Å²) in [5, 5.41) is 0. The van der Waals surface area contributed by atoms with Gasteiger partial charge in [0.25, 0.3) is 0 Å². The molecule has 1 unspecified atom stereocenters. The van der Waals surface area contributed by atoms with Gasteiger partial charge in [-0.05, 0) is 52.8 Å². The van der Waals surface area contributed by atoms with E-state index in [4.69, 9.17) is 0 Å². The van der Waals surface area contributed by atoms with Gasteiger partial charge < -0.3 is 4.74 Å². The first-order chi connectivity index (χ1) is 11.3. The van der Waals surface area contributed by atoms with Crippen molar-refractivity contribution in [1.82, 2.24) is 4.72 Å². The predicted octanol–water partition coefficient (Wildman–Crippen LogP) is 4.05. The molecule has 0 fully saturated rings. The molecule has 1 rings (SSSR count). The molecule has 0 saturated carbocycles. The van der Waals surface area contributed by atoms with Crippen LogP contribution in [0.5, 0.6) is 0 Å². The number of rotatable bonds is 6. The van der Waals surface area contributed by atoms with Crippen LogP contribution in [0.1, 0.15) is 40.2 Å². The number of hydrogen-bond donors (Lipinski definition) is 1. The average molecular weight is 444 g/mol. The van der Waals surface area contributed by atoms with Crippen LogP contribution in [0, 0.1) is 5.82 Å². The summed E-state index contributed by atoms with van der Waals surface area (Å²) in [6.07, 6.45) is 0. The van der Waals surface area contributed by atoms with Crippen molar-refractivity contribution in [3.05, 3.63) is 34.1 Å². The molecule has 0 amide bonds. The van der Waals surface area contributed by atoms with Crippen LogP contribution >= 0.6 is 15.9 Å². The fourth-order valence-electron chi connectivity index (χ4n) is 1.93. The van der Waals surface area contributed by atoms with Crippen molar-refractivity contribution in [2.24, 2.45) is 0 Å². The summed E-state index contributed by atoms with van der Waals surface area (Å²) in [7, 11) is -2.01. The van der Waals surface area contributed by atoms with Gasteiger partial charge in [-0.25, -0.2) is 18.1 Å². The van der Waals surface area contributed by atoms with Crippen molar-refractivity contribution in [2.45, 2.75) is 50.8 Å². The van der Waals surface area contributed by atoms with Crippen molar-refractivity contribution < 1.29 is 26.9 Å². The molecule has 25 heavy (non-hydrogen) atoms. The number of carbonyl (C=O) groups is 1. The molecular formula is C16H21BrF3NO3S. The first-order valence-corrected chi connectivity index (χ1v) is 9.42. The zero-order valence-electron chi connectivity index (χ0n) is 14.6. The molecule has 0 heterocycles. The minimum absolute atomic E-state index is 0.270. The first-order valence-electron chi connectivity index (χ1n) is 7.47. The number of esters is 1. The zero-order chi connectivity index (χ0) is 19.6. The molecule has 1 aromatic rings. The van der Waals surface area contributed by atoms with E-state index in [0.29, 0.717) is 4.47 Å². The number of hydrogen-bond acceptors (Lipinski definition) is 3. The summed E-state index contributed by atoms with van der Waals surface area (Å²) in [4.78, 5) is 11.9. The molecule has 1 N–H and O–H groups in total. The number of carbonyl (C=O) groups excluding carboxylic acids is 1. The lowest BCUT2D eigenvalue weighted by Gasteiger charge is -2.38. The Hall–Kier alpha value is -0.930. The number of alkyl halides is 2. The van der Waals surface area contributed by atoms with Crippen LogP contribution in [0.2, 0.25) is 0 Å². The molecule has 0 aliphatic rings. The third-order valence-corrected chi connectivity index (χ3v) is 5.68. The van der Waals surface area contributed by atoms with E-state index in [-0.39, 0.29) is 6.61 Å². The van der Waals surface area contributed by atoms with Gasteiger partial charge in [0, 0.05) is 10.0 Å². The van der Waals surface area contributed by atoms with Crippen LogP contribution in [-0.4, -0.2) is 27.5 Å². The molecule has 9 heteroatoms. The Labute approximate surface area is 156 Å². The normalized spacial score (nSPS) is 16.2. The fraction of sp³-hybridized carbons (Fsp3) is 0.562. The number of ether oxygens (including phenoxy) is 1. The van der Waals surface area contributed by atoms with Gasteiger partial charge in [-0.15, -0.1) is 0 Å². The Bertz CT molecular complexity index is 679. The molecule has 0 aromatic heterocycles. The van der Waals surface area contributed by atoms with Crippen molar-refractivity contribution in [1.29, 1.82) is 0 Å². The van der Waals surface area contributed by atoms with E-state index < -0.39 is 44.5 Å². The Balaban J connectivity index is 3.58. The lowest BCUT2D eigenvalue weighted by Crippen LogP contribution is -2.60. The maximum absolute atomic E-state index is 14.9. The standard InChI is InChI=1S/C16H21BrF3NO3S/c1-6-24-13(22)16(19,20)15(5,21-25(23)14(2,3)4)11-9-10(17)7-8-12(11)18/h7-9,21H,6H2,1-5H3/t15-,25?/m1/s1. The summed E-state index contributed by atoms with van der Waals surface area (Å²) in [5.74, 6) is -6.96. The summed E-state index contributed by atoms with van der Waals surface area (Å²) >= 11 is 3.10. The Morgan fingerprint density at radius 1 is 1.28 bits per heavy atom. The minimum atomic E-state index is -4.18. The highest BCUT2D eigenvalue weighted by atomic mass is 79.9. The van der Waals surface area contributed by atoms with Crippen LogP contribution in [0.4, 0.5) is 13.2 Å². The van der Waals surface area contributed by atoms with Gasteiger partial charge in [0.2, 0.25) is 0 Å². The molecule has 0 saturated heterocycles. The van der Waals surface area contributed by atoms with E-state index in [0.717, 1.165) is 19.1 Å². The van der Waals surface area contributed by atoms with Crippen molar-refractivity contribution >= 4 is 32.9 Å². The minimum Gasteiger partial charge on any atom is -0.461 e. The predicted molar refractivity (Wildman–Crippen MR) is 94.1 cm³/mol. The monoisotopic (exact) mass is 443 g/mol. The van der Waals surface area contributed by atoms with E-state index in [1.165, 1.54) is 13.0 Å².